The van der Waals surface area contributed by atoms with E-state index < -0.39 is 10.0 Å². The first-order valence-corrected chi connectivity index (χ1v) is 10.5. The molecule has 1 aliphatic rings. The molecule has 6 heteroatoms. The molecule has 0 radical (unpaired) electrons. The van der Waals surface area contributed by atoms with Gasteiger partial charge in [-0.1, -0.05) is 24.3 Å². The van der Waals surface area contributed by atoms with Gasteiger partial charge in [0.1, 0.15) is 5.75 Å². The van der Waals surface area contributed by atoms with Crippen LogP contribution in [0.4, 0.5) is 0 Å². The molecule has 0 spiro atoms. The lowest BCUT2D eigenvalue weighted by molar-refractivity contribution is 0.101. The van der Waals surface area contributed by atoms with Crippen LogP contribution < -0.4 is 4.74 Å². The number of rotatable bonds is 6. The first-order valence-electron chi connectivity index (χ1n) is 9.09. The summed E-state index contributed by atoms with van der Waals surface area (Å²) in [5.74, 6) is 0.689. The molecule has 0 saturated carbocycles. The highest BCUT2D eigenvalue weighted by Gasteiger charge is 2.35. The maximum absolute atomic E-state index is 13.2. The van der Waals surface area contributed by atoms with E-state index in [4.69, 9.17) is 4.74 Å². The number of carbonyl (C=O) groups is 1. The second-order valence-electron chi connectivity index (χ2n) is 7.00. The number of sulfonamides is 1. The third kappa shape index (κ3) is 4.06. The highest BCUT2D eigenvalue weighted by atomic mass is 32.2. The fraction of sp³-hybridized carbons (Fsp3) is 0.381. The summed E-state index contributed by atoms with van der Waals surface area (Å²) in [4.78, 5) is 11.8. The molecule has 5 nitrogen and oxygen atoms in total. The maximum atomic E-state index is 13.2. The van der Waals surface area contributed by atoms with Crippen LogP contribution in [0.25, 0.3) is 0 Å². The number of hydrogen-bond acceptors (Lipinski definition) is 4. The second kappa shape index (κ2) is 7.82. The van der Waals surface area contributed by atoms with Crippen LogP contribution in [0.15, 0.2) is 47.4 Å². The van der Waals surface area contributed by atoms with Gasteiger partial charge in [0.25, 0.3) is 0 Å². The number of ketones is 1. The van der Waals surface area contributed by atoms with Crippen LogP contribution in [0.5, 0.6) is 5.75 Å². The van der Waals surface area contributed by atoms with E-state index in [9.17, 15) is 13.2 Å². The average molecular weight is 388 g/mol. The minimum Gasteiger partial charge on any atom is -0.496 e. The predicted molar refractivity (Wildman–Crippen MR) is 105 cm³/mol. The molecular formula is C21H25NO4S. The van der Waals surface area contributed by atoms with Crippen LogP contribution in [0.1, 0.15) is 41.3 Å². The summed E-state index contributed by atoms with van der Waals surface area (Å²) in [6, 6.07) is 12.2. The summed E-state index contributed by atoms with van der Waals surface area (Å²) in [5.41, 5.74) is 2.55. The highest BCUT2D eigenvalue weighted by molar-refractivity contribution is 7.89. The Labute approximate surface area is 161 Å². The standard InChI is InChI=1S/C21H25NO4S/c1-15-12-17(9-10-21(15)26-3)13-19-7-5-11-22(19)27(24,25)20-8-4-6-18(14-20)16(2)23/h4,6,8-10,12,14,19H,5,7,11,13H2,1-3H3. The predicted octanol–water partition coefficient (Wildman–Crippen LogP) is 3.60. The van der Waals surface area contributed by atoms with Crippen LogP contribution in [-0.2, 0) is 16.4 Å². The SMILES string of the molecule is COc1ccc(CC2CCCN2S(=O)(=O)c2cccc(C(C)=O)c2)cc1C. The van der Waals surface area contributed by atoms with Crippen molar-refractivity contribution in [2.24, 2.45) is 0 Å². The smallest absolute Gasteiger partial charge is 0.243 e. The van der Waals surface area contributed by atoms with Gasteiger partial charge in [-0.3, -0.25) is 4.79 Å². The molecule has 0 amide bonds. The Hall–Kier alpha value is -2.18. The number of aryl methyl sites for hydroxylation is 1. The Morgan fingerprint density at radius 1 is 1.22 bits per heavy atom. The van der Waals surface area contributed by atoms with Gasteiger partial charge < -0.3 is 4.74 Å². The van der Waals surface area contributed by atoms with Gasteiger partial charge in [-0.15, -0.1) is 0 Å². The van der Waals surface area contributed by atoms with E-state index in [1.54, 1.807) is 29.6 Å². The van der Waals surface area contributed by atoms with Gasteiger partial charge in [-0.05, 0) is 62.4 Å². The Kier molecular flexibility index (Phi) is 5.67. The van der Waals surface area contributed by atoms with Crippen LogP contribution >= 0.6 is 0 Å². The molecule has 1 saturated heterocycles. The molecule has 1 heterocycles. The van der Waals surface area contributed by atoms with Crippen molar-refractivity contribution >= 4 is 15.8 Å². The fourth-order valence-electron chi connectivity index (χ4n) is 3.68. The van der Waals surface area contributed by atoms with Crippen molar-refractivity contribution in [2.45, 2.75) is 44.0 Å². The zero-order chi connectivity index (χ0) is 19.6. The Morgan fingerprint density at radius 3 is 2.67 bits per heavy atom. The number of ether oxygens (including phenoxy) is 1. The van der Waals surface area contributed by atoms with Gasteiger partial charge in [0, 0.05) is 18.2 Å². The molecule has 0 aliphatic carbocycles. The van der Waals surface area contributed by atoms with Gasteiger partial charge in [0.2, 0.25) is 10.0 Å². The summed E-state index contributed by atoms with van der Waals surface area (Å²) in [7, 11) is -1.99. The molecule has 144 valence electrons. The summed E-state index contributed by atoms with van der Waals surface area (Å²) >= 11 is 0. The van der Waals surface area contributed by atoms with Gasteiger partial charge in [-0.2, -0.15) is 4.31 Å². The summed E-state index contributed by atoms with van der Waals surface area (Å²) in [6.07, 6.45) is 2.33. The van der Waals surface area contributed by atoms with Gasteiger partial charge in [0.05, 0.1) is 12.0 Å². The van der Waals surface area contributed by atoms with Crippen molar-refractivity contribution in [3.05, 3.63) is 59.2 Å². The van der Waals surface area contributed by atoms with Crippen molar-refractivity contribution in [3.8, 4) is 5.75 Å². The highest BCUT2D eigenvalue weighted by Crippen LogP contribution is 2.29. The van der Waals surface area contributed by atoms with E-state index in [1.807, 2.05) is 19.1 Å². The lowest BCUT2D eigenvalue weighted by atomic mass is 10.0. The van der Waals surface area contributed by atoms with Crippen LogP contribution in [0.2, 0.25) is 0 Å². The average Bonchev–Trinajstić information content (AvgIpc) is 3.11. The van der Waals surface area contributed by atoms with Gasteiger partial charge in [-0.25, -0.2) is 8.42 Å². The van der Waals surface area contributed by atoms with Crippen molar-refractivity contribution < 1.29 is 17.9 Å². The van der Waals surface area contributed by atoms with Crippen LogP contribution in [0.3, 0.4) is 0 Å². The second-order valence-corrected chi connectivity index (χ2v) is 8.89. The summed E-state index contributed by atoms with van der Waals surface area (Å²) in [6.45, 7) is 3.93. The van der Waals surface area contributed by atoms with Crippen molar-refractivity contribution in [1.29, 1.82) is 0 Å². The Balaban J connectivity index is 1.86. The Morgan fingerprint density at radius 2 is 2.00 bits per heavy atom. The zero-order valence-corrected chi connectivity index (χ0v) is 16.8. The van der Waals surface area contributed by atoms with E-state index in [-0.39, 0.29) is 16.7 Å². The van der Waals surface area contributed by atoms with Crippen molar-refractivity contribution in [2.75, 3.05) is 13.7 Å². The minimum atomic E-state index is -3.63. The molecule has 2 aromatic rings. The third-order valence-electron chi connectivity index (χ3n) is 5.10. The zero-order valence-electron chi connectivity index (χ0n) is 15.9. The van der Waals surface area contributed by atoms with Crippen LogP contribution in [-0.4, -0.2) is 38.2 Å². The molecule has 27 heavy (non-hydrogen) atoms. The number of Topliss-reactive ketones (excluding diaryl/α,β-unsaturated/α-hetero) is 1. The van der Waals surface area contributed by atoms with E-state index >= 15 is 0 Å². The number of nitrogens with zero attached hydrogens (tertiary/aromatic N) is 1. The molecule has 2 aromatic carbocycles. The fourth-order valence-corrected chi connectivity index (χ4v) is 5.42. The molecule has 1 atom stereocenters. The molecular weight excluding hydrogens is 362 g/mol. The van der Waals surface area contributed by atoms with E-state index in [0.717, 1.165) is 29.7 Å². The van der Waals surface area contributed by atoms with E-state index in [2.05, 4.69) is 6.07 Å². The normalized spacial score (nSPS) is 17.8. The monoisotopic (exact) mass is 387 g/mol. The molecule has 0 aromatic heterocycles. The van der Waals surface area contributed by atoms with Gasteiger partial charge in [0.15, 0.2) is 5.78 Å². The molecule has 0 bridgehead atoms. The van der Waals surface area contributed by atoms with E-state index in [1.165, 1.54) is 13.0 Å². The number of hydrogen-bond donors (Lipinski definition) is 0. The lowest BCUT2D eigenvalue weighted by Crippen LogP contribution is -2.36. The first kappa shape index (κ1) is 19.6. The first-order chi connectivity index (χ1) is 12.8. The molecule has 1 unspecified atom stereocenters. The topological polar surface area (TPSA) is 63.7 Å². The Bertz CT molecular complexity index is 952. The molecule has 1 aliphatic heterocycles. The largest absolute Gasteiger partial charge is 0.496 e. The molecule has 3 rings (SSSR count). The van der Waals surface area contributed by atoms with Crippen LogP contribution in [0, 0.1) is 6.92 Å². The van der Waals surface area contributed by atoms with Crippen molar-refractivity contribution in [3.63, 3.8) is 0 Å². The number of methoxy groups -OCH3 is 1. The van der Waals surface area contributed by atoms with E-state index in [0.29, 0.717) is 18.5 Å². The quantitative estimate of drug-likeness (QED) is 0.711. The minimum absolute atomic E-state index is 0.0798. The van der Waals surface area contributed by atoms with Gasteiger partial charge >= 0.3 is 0 Å². The summed E-state index contributed by atoms with van der Waals surface area (Å²) in [5, 5.41) is 0. The van der Waals surface area contributed by atoms with Crippen molar-refractivity contribution in [1.82, 2.24) is 4.31 Å². The lowest BCUT2D eigenvalue weighted by Gasteiger charge is -2.24. The third-order valence-corrected chi connectivity index (χ3v) is 7.05. The molecule has 0 N–H and O–H groups in total. The number of benzene rings is 2. The maximum Gasteiger partial charge on any atom is 0.243 e. The summed E-state index contributed by atoms with van der Waals surface area (Å²) < 4.78 is 33.2. The number of carbonyl (C=O) groups excluding carboxylic acids is 1. The molecule has 1 fully saturated rings.